The molecule has 0 bridgehead atoms. The van der Waals surface area contributed by atoms with Crippen LogP contribution < -0.4 is 58.2 Å². The van der Waals surface area contributed by atoms with Gasteiger partial charge in [-0.15, -0.1) is 0 Å². The third kappa shape index (κ3) is 2.73. The molecule has 2 fully saturated rings. The number of rotatable bonds is 0. The topological polar surface area (TPSA) is 17.1 Å². The SMILES string of the molecule is O=C1CCC2C[CH-]CCC2C1.[Rb+]. The van der Waals surface area contributed by atoms with Crippen LogP contribution >= 0.6 is 0 Å². The molecule has 2 aliphatic rings. The minimum atomic E-state index is 0. The van der Waals surface area contributed by atoms with Gasteiger partial charge in [-0.1, -0.05) is 12.3 Å². The molecule has 62 valence electrons. The fraction of sp³-hybridized carbons (Fsp3) is 0.800. The van der Waals surface area contributed by atoms with Crippen molar-refractivity contribution in [2.45, 2.75) is 38.5 Å². The second kappa shape index (κ2) is 5.38. The first kappa shape index (κ1) is 11.5. The van der Waals surface area contributed by atoms with Crippen LogP contribution in [0.5, 0.6) is 0 Å². The van der Waals surface area contributed by atoms with Gasteiger partial charge in [0, 0.05) is 12.8 Å². The van der Waals surface area contributed by atoms with Gasteiger partial charge in [0.05, 0.1) is 0 Å². The minimum absolute atomic E-state index is 0. The van der Waals surface area contributed by atoms with Gasteiger partial charge in [-0.3, -0.25) is 4.79 Å². The summed E-state index contributed by atoms with van der Waals surface area (Å²) in [5, 5.41) is 0. The molecule has 12 heavy (non-hydrogen) atoms. The van der Waals surface area contributed by atoms with Gasteiger partial charge in [-0.05, 0) is 12.3 Å². The molecule has 0 aromatic heterocycles. The molecule has 2 rings (SSSR count). The van der Waals surface area contributed by atoms with Crippen molar-refractivity contribution < 1.29 is 63.0 Å². The molecular weight excluding hydrogens is 222 g/mol. The molecule has 0 aromatic carbocycles. The van der Waals surface area contributed by atoms with E-state index in [0.717, 1.165) is 24.7 Å². The summed E-state index contributed by atoms with van der Waals surface area (Å²) in [6.45, 7) is 0. The zero-order chi connectivity index (χ0) is 7.68. The van der Waals surface area contributed by atoms with Crippen LogP contribution in [0.2, 0.25) is 0 Å². The Kier molecular flexibility index (Phi) is 5.18. The van der Waals surface area contributed by atoms with Gasteiger partial charge in [-0.2, -0.15) is 12.8 Å². The summed E-state index contributed by atoms with van der Waals surface area (Å²) < 4.78 is 0. The van der Waals surface area contributed by atoms with Gasteiger partial charge in [0.25, 0.3) is 0 Å². The van der Waals surface area contributed by atoms with Gasteiger partial charge in [0.1, 0.15) is 5.78 Å². The Morgan fingerprint density at radius 1 is 1.25 bits per heavy atom. The largest absolute Gasteiger partial charge is 1.00 e. The average molecular weight is 237 g/mol. The summed E-state index contributed by atoms with van der Waals surface area (Å²) in [5.74, 6) is 2.12. The Morgan fingerprint density at radius 2 is 2.08 bits per heavy atom. The molecule has 0 aliphatic heterocycles. The van der Waals surface area contributed by atoms with Crippen LogP contribution in [0, 0.1) is 18.3 Å². The predicted octanol–water partition coefficient (Wildman–Crippen LogP) is -0.636. The molecule has 0 heterocycles. The van der Waals surface area contributed by atoms with E-state index in [4.69, 9.17) is 0 Å². The van der Waals surface area contributed by atoms with E-state index in [1.54, 1.807) is 0 Å². The molecule has 0 aromatic rings. The van der Waals surface area contributed by atoms with Crippen LogP contribution in [0.15, 0.2) is 0 Å². The summed E-state index contributed by atoms with van der Waals surface area (Å²) in [6.07, 6.45) is 9.10. The second-order valence-electron chi connectivity index (χ2n) is 3.90. The second-order valence-corrected chi connectivity index (χ2v) is 3.90. The smallest absolute Gasteiger partial charge is 0.328 e. The Balaban J connectivity index is 0.000000720. The Morgan fingerprint density at radius 3 is 2.92 bits per heavy atom. The molecule has 0 N–H and O–H groups in total. The van der Waals surface area contributed by atoms with Gasteiger partial charge < -0.3 is 6.42 Å². The summed E-state index contributed by atoms with van der Waals surface area (Å²) in [5.41, 5.74) is 0. The maximum Gasteiger partial charge on any atom is 1.00 e. The normalized spacial score (nSPS) is 35.2. The molecule has 1 nitrogen and oxygen atoms in total. The fourth-order valence-electron chi connectivity index (χ4n) is 2.46. The van der Waals surface area contributed by atoms with Crippen LogP contribution in [0.25, 0.3) is 0 Å². The van der Waals surface area contributed by atoms with Crippen LogP contribution in [0.1, 0.15) is 38.5 Å². The summed E-state index contributed by atoms with van der Waals surface area (Å²) in [7, 11) is 0. The van der Waals surface area contributed by atoms with E-state index in [0.29, 0.717) is 5.78 Å². The first-order valence-corrected chi connectivity index (χ1v) is 4.69. The third-order valence-corrected chi connectivity index (χ3v) is 3.16. The molecule has 2 aliphatic carbocycles. The number of carbonyl (C=O) groups is 1. The molecule has 2 atom stereocenters. The van der Waals surface area contributed by atoms with Gasteiger partial charge >= 0.3 is 58.2 Å². The molecular formula is C10H15ORb. The van der Waals surface area contributed by atoms with Crippen molar-refractivity contribution in [3.8, 4) is 0 Å². The van der Waals surface area contributed by atoms with E-state index >= 15 is 0 Å². The third-order valence-electron chi connectivity index (χ3n) is 3.16. The van der Waals surface area contributed by atoms with E-state index in [1.807, 2.05) is 0 Å². The van der Waals surface area contributed by atoms with Gasteiger partial charge in [0.2, 0.25) is 0 Å². The Hall–Kier alpha value is 1.48. The van der Waals surface area contributed by atoms with Crippen molar-refractivity contribution in [2.24, 2.45) is 11.8 Å². The number of fused-ring (bicyclic) bond motifs is 1. The van der Waals surface area contributed by atoms with Crippen molar-refractivity contribution in [2.75, 3.05) is 0 Å². The zero-order valence-corrected chi connectivity index (χ0v) is 12.8. The van der Waals surface area contributed by atoms with E-state index in [2.05, 4.69) is 6.42 Å². The maximum absolute atomic E-state index is 11.1. The summed E-state index contributed by atoms with van der Waals surface area (Å²) >= 11 is 0. The summed E-state index contributed by atoms with van der Waals surface area (Å²) in [6, 6.07) is 0. The standard InChI is InChI=1S/C10H15O.Rb/c11-10-6-5-8-3-1-2-4-9(8)7-10;/h1,8-9H,2-7H2;/q-1;+1. The number of Topliss-reactive ketones (excluding diaryl/α,β-unsaturated/α-hetero) is 1. The van der Waals surface area contributed by atoms with Crippen LogP contribution in [-0.2, 0) is 4.79 Å². The van der Waals surface area contributed by atoms with Crippen molar-refractivity contribution >= 4 is 5.78 Å². The predicted molar refractivity (Wildman–Crippen MR) is 44.0 cm³/mol. The Bertz CT molecular complexity index is 167. The molecule has 2 saturated carbocycles. The Labute approximate surface area is 123 Å². The number of carbonyl (C=O) groups excluding carboxylic acids is 1. The summed E-state index contributed by atoms with van der Waals surface area (Å²) in [4.78, 5) is 11.1. The molecule has 0 radical (unpaired) electrons. The monoisotopic (exact) mass is 236 g/mol. The van der Waals surface area contributed by atoms with Crippen molar-refractivity contribution in [3.05, 3.63) is 6.42 Å². The first-order valence-electron chi connectivity index (χ1n) is 4.69. The molecule has 0 amide bonds. The molecule has 2 unspecified atom stereocenters. The first-order chi connectivity index (χ1) is 5.36. The molecule has 0 spiro atoms. The minimum Gasteiger partial charge on any atom is -0.328 e. The van der Waals surface area contributed by atoms with Crippen LogP contribution in [0.3, 0.4) is 0 Å². The van der Waals surface area contributed by atoms with Crippen LogP contribution in [0.4, 0.5) is 0 Å². The van der Waals surface area contributed by atoms with E-state index in [9.17, 15) is 4.79 Å². The van der Waals surface area contributed by atoms with E-state index in [1.165, 1.54) is 25.7 Å². The van der Waals surface area contributed by atoms with Crippen molar-refractivity contribution in [1.82, 2.24) is 0 Å². The average Bonchev–Trinajstić information content (AvgIpc) is 2.04. The fourth-order valence-corrected chi connectivity index (χ4v) is 2.46. The van der Waals surface area contributed by atoms with Crippen molar-refractivity contribution in [3.63, 3.8) is 0 Å². The number of hydrogen-bond acceptors (Lipinski definition) is 1. The van der Waals surface area contributed by atoms with E-state index < -0.39 is 0 Å². The number of hydrogen-bond donors (Lipinski definition) is 0. The van der Waals surface area contributed by atoms with Gasteiger partial charge in [-0.25, -0.2) is 0 Å². The van der Waals surface area contributed by atoms with Gasteiger partial charge in [0.15, 0.2) is 0 Å². The van der Waals surface area contributed by atoms with Crippen molar-refractivity contribution in [1.29, 1.82) is 0 Å². The number of ketones is 1. The van der Waals surface area contributed by atoms with E-state index in [-0.39, 0.29) is 58.2 Å². The quantitative estimate of drug-likeness (QED) is 0.512. The zero-order valence-electron chi connectivity index (χ0n) is 7.88. The molecule has 2 heteroatoms. The maximum atomic E-state index is 11.1. The van der Waals surface area contributed by atoms with Crippen LogP contribution in [-0.4, -0.2) is 5.78 Å². The molecule has 0 saturated heterocycles.